The minimum Gasteiger partial charge on any atom is -0.505 e. The largest absolute Gasteiger partial charge is 0.505 e. The Bertz CT molecular complexity index is 4040. The molecule has 0 unspecified atom stereocenters. The molecule has 0 aliphatic heterocycles. The van der Waals surface area contributed by atoms with E-state index in [2.05, 4.69) is 55.3 Å². The van der Waals surface area contributed by atoms with Gasteiger partial charge in [-0.15, -0.1) is 15.3 Å². The van der Waals surface area contributed by atoms with Gasteiger partial charge in [-0.05, 0) is 83.7 Å². The number of halogens is 1. The van der Waals surface area contributed by atoms with Gasteiger partial charge >= 0.3 is 10.4 Å². The molecule has 5 aromatic carbocycles. The molecule has 12 N–H and O–H groups in total. The number of sulfone groups is 1. The van der Waals surface area contributed by atoms with E-state index in [1.807, 2.05) is 0 Å². The number of aromatic hydroxyl groups is 1. The molecule has 0 radical (unpaired) electrons. The zero-order valence-corrected chi connectivity index (χ0v) is 40.9. The van der Waals surface area contributed by atoms with Crippen LogP contribution >= 0.6 is 11.6 Å². The zero-order valence-electron chi connectivity index (χ0n) is 35.3. The lowest BCUT2D eigenvalue weighted by molar-refractivity contribution is -0.202. The van der Waals surface area contributed by atoms with Gasteiger partial charge in [-0.1, -0.05) is 10.4 Å². The van der Waals surface area contributed by atoms with Gasteiger partial charge < -0.3 is 27.2 Å². The lowest BCUT2D eigenvalue weighted by atomic mass is 10.1. The number of rotatable bonds is 19. The molecule has 1 aromatic heterocycles. The molecule has 0 atom stereocenters. The average Bonchev–Trinajstić information content (AvgIpc) is 3.25. The number of benzene rings is 5. The van der Waals surface area contributed by atoms with Gasteiger partial charge in [-0.3, -0.25) is 27.6 Å². The number of nitrogens with zero attached hydrogens (tertiary/aromatic N) is 7. The van der Waals surface area contributed by atoms with Crippen LogP contribution in [-0.4, -0.2) is 112 Å². The van der Waals surface area contributed by atoms with E-state index in [-0.39, 0.29) is 27.9 Å². The number of fused-ring (bicyclic) bond motifs is 1. The van der Waals surface area contributed by atoms with Crippen LogP contribution in [0.1, 0.15) is 10.4 Å². The third kappa shape index (κ3) is 13.5. The molecule has 0 saturated heterocycles. The molecular weight excluding hydrogens is 1130 g/mol. The number of aromatic nitrogens is 3. The second-order valence-corrected chi connectivity index (χ2v) is 23.0. The van der Waals surface area contributed by atoms with Crippen LogP contribution in [0.15, 0.2) is 118 Å². The van der Waals surface area contributed by atoms with Crippen molar-refractivity contribution < 1.29 is 92.4 Å². The Labute approximate surface area is 414 Å². The summed E-state index contributed by atoms with van der Waals surface area (Å²) < 4.78 is 200. The van der Waals surface area contributed by atoms with Crippen molar-refractivity contribution in [2.45, 2.75) is 24.5 Å². The SMILES string of the molecule is NC(=O)c1cccc(N=Nc2c(S(=O)(=O)O)cc3cc(S(=O)(=O)O)c(N=Nc4cc(Nc5nc(Cl)nc(Nc6ccc(S(=O)(=O)CCOOS(=O)(=O)O)cc6)n5)c(S(=O)(=O)O)cc4S(=O)(=O)O)c(O)c3c2N)c1. The predicted molar refractivity (Wildman–Crippen MR) is 248 cm³/mol. The number of nitrogens with two attached hydrogens (primary N) is 2. The molecule has 6 aromatic rings. The summed E-state index contributed by atoms with van der Waals surface area (Å²) in [6.07, 6.45) is 0. The number of phenols is 1. The van der Waals surface area contributed by atoms with Crippen molar-refractivity contribution in [3.05, 3.63) is 83.6 Å². The first-order chi connectivity index (χ1) is 33.6. The van der Waals surface area contributed by atoms with Crippen molar-refractivity contribution in [3.8, 4) is 5.75 Å². The van der Waals surface area contributed by atoms with E-state index in [4.69, 9.17) is 27.6 Å². The maximum absolute atomic E-state index is 12.7. The van der Waals surface area contributed by atoms with Crippen LogP contribution in [0, 0.1) is 0 Å². The number of hydrogen-bond acceptors (Lipinski definition) is 26. The molecule has 0 saturated carbocycles. The lowest BCUT2D eigenvalue weighted by Crippen LogP contribution is -2.14. The van der Waals surface area contributed by atoms with Crippen molar-refractivity contribution in [3.63, 3.8) is 0 Å². The minimum atomic E-state index is -5.62. The van der Waals surface area contributed by atoms with Gasteiger partial charge in [0, 0.05) is 11.3 Å². The molecule has 39 heteroatoms. The van der Waals surface area contributed by atoms with Crippen molar-refractivity contribution in [1.82, 2.24) is 15.0 Å². The molecule has 1 amide bonds. The number of carbonyl (C=O) groups is 1. The molecule has 0 aliphatic rings. The fourth-order valence-electron chi connectivity index (χ4n) is 6.00. The molecule has 0 bridgehead atoms. The van der Waals surface area contributed by atoms with Crippen molar-refractivity contribution in [1.29, 1.82) is 0 Å². The quantitative estimate of drug-likeness (QED) is 0.0137. The highest BCUT2D eigenvalue weighted by Gasteiger charge is 2.30. The number of phenolic OH excluding ortho intramolecular Hbond substituents is 1. The van der Waals surface area contributed by atoms with E-state index in [0.717, 1.165) is 18.2 Å². The molecule has 388 valence electrons. The molecule has 73 heavy (non-hydrogen) atoms. The van der Waals surface area contributed by atoms with Crippen LogP contribution in [0.3, 0.4) is 0 Å². The van der Waals surface area contributed by atoms with Crippen molar-refractivity contribution >= 4 is 141 Å². The molecule has 0 spiro atoms. The van der Waals surface area contributed by atoms with Gasteiger partial charge in [0.25, 0.3) is 40.5 Å². The standard InChI is InChI=1S/C34H28ClN11O21S6/c35-32-40-33(38-17-4-6-19(7-5-17)68(49,50)9-8-66-67-73(63,64)65)42-34(41-32)39-20-13-21(23(70(54,55)56)14-22(20)69(51,52)53)44-46-29-25(72(60,61)62)12-16-11-24(71(57,58)59)28(27(36)26(16)30(29)47)45-43-18-3-1-2-15(10-18)31(37)48/h1-7,10-14,47H,8-9,36H2,(H2,37,48)(H,51,52,53)(H,54,55,56)(H,57,58,59)(H,60,61,62)(H,63,64,65)(H2,38,39,40,41,42). The summed E-state index contributed by atoms with van der Waals surface area (Å²) in [5, 5.41) is 29.0. The number of primary amides is 1. The molecule has 1 heterocycles. The molecule has 32 nitrogen and oxygen atoms in total. The van der Waals surface area contributed by atoms with Gasteiger partial charge in [0.05, 0.1) is 39.7 Å². The van der Waals surface area contributed by atoms with Gasteiger partial charge in [-0.25, -0.2) is 13.3 Å². The molecular formula is C34H28ClN11O21S6. The number of azo groups is 2. The first kappa shape index (κ1) is 55.3. The second kappa shape index (κ2) is 20.5. The summed E-state index contributed by atoms with van der Waals surface area (Å²) in [4.78, 5) is 21.7. The Balaban J connectivity index is 1.44. The number of anilines is 5. The highest BCUT2D eigenvalue weighted by atomic mass is 35.5. The first-order valence-corrected chi connectivity index (χ1v) is 27.8. The minimum absolute atomic E-state index is 0.0618. The zero-order chi connectivity index (χ0) is 54.2. The van der Waals surface area contributed by atoms with E-state index in [0.29, 0.717) is 18.2 Å². The van der Waals surface area contributed by atoms with Crippen LogP contribution in [0.4, 0.5) is 51.7 Å². The predicted octanol–water partition coefficient (Wildman–Crippen LogP) is 3.89. The third-order valence-electron chi connectivity index (χ3n) is 9.03. The Hall–Kier alpha value is -7.05. The van der Waals surface area contributed by atoms with Crippen LogP contribution < -0.4 is 22.1 Å². The maximum atomic E-state index is 12.7. The summed E-state index contributed by atoms with van der Waals surface area (Å²) in [6, 6.07) is 11.1. The molecule has 6 rings (SSSR count). The third-order valence-corrected chi connectivity index (χ3v) is 14.7. The number of amides is 1. The lowest BCUT2D eigenvalue weighted by Gasteiger charge is -2.15. The fourth-order valence-corrected chi connectivity index (χ4v) is 10.1. The number of carbonyl (C=O) groups excluding carboxylic acids is 1. The Morgan fingerprint density at radius 3 is 1.78 bits per heavy atom. The Kier molecular flexibility index (Phi) is 15.5. The van der Waals surface area contributed by atoms with Crippen LogP contribution in [0.2, 0.25) is 5.28 Å². The van der Waals surface area contributed by atoms with Crippen molar-refractivity contribution in [2.75, 3.05) is 28.7 Å². The van der Waals surface area contributed by atoms with Crippen LogP contribution in [-0.2, 0) is 69.9 Å². The van der Waals surface area contributed by atoms with Crippen LogP contribution in [0.25, 0.3) is 10.8 Å². The smallest absolute Gasteiger partial charge is 0.424 e. The van der Waals surface area contributed by atoms with Gasteiger partial charge in [0.15, 0.2) is 15.6 Å². The second-order valence-electron chi connectivity index (χ2n) is 14.0. The summed E-state index contributed by atoms with van der Waals surface area (Å²) in [7, 11) is -31.2. The summed E-state index contributed by atoms with van der Waals surface area (Å²) in [6.45, 7) is -0.817. The van der Waals surface area contributed by atoms with E-state index < -0.39 is 161 Å². The molecule has 0 aliphatic carbocycles. The van der Waals surface area contributed by atoms with Gasteiger partial charge in [-0.2, -0.15) is 62.2 Å². The Morgan fingerprint density at radius 2 is 1.22 bits per heavy atom. The fraction of sp³-hybridized carbons (Fsp3) is 0.0588. The van der Waals surface area contributed by atoms with E-state index in [9.17, 15) is 78.6 Å². The van der Waals surface area contributed by atoms with E-state index in [1.165, 1.54) is 30.3 Å². The number of hydrogen-bond donors (Lipinski definition) is 10. The maximum Gasteiger partial charge on any atom is 0.424 e. The number of nitrogen functional groups attached to an aromatic ring is 1. The highest BCUT2D eigenvalue weighted by Crippen LogP contribution is 2.49. The average molecular weight is 1150 g/mol. The number of nitrogens with one attached hydrogen (secondary N) is 2. The summed E-state index contributed by atoms with van der Waals surface area (Å²) in [5.74, 6) is -4.22. The summed E-state index contributed by atoms with van der Waals surface area (Å²) >= 11 is 6.06. The van der Waals surface area contributed by atoms with Gasteiger partial charge in [0.1, 0.15) is 36.6 Å². The Morgan fingerprint density at radius 1 is 0.658 bits per heavy atom. The monoisotopic (exact) mass is 1150 g/mol. The normalized spacial score (nSPS) is 13.0. The topological polar surface area (TPSA) is 526 Å². The highest BCUT2D eigenvalue weighted by molar-refractivity contribution is 7.91. The van der Waals surface area contributed by atoms with E-state index >= 15 is 0 Å². The van der Waals surface area contributed by atoms with E-state index in [1.54, 1.807) is 0 Å². The summed E-state index contributed by atoms with van der Waals surface area (Å²) in [5.41, 5.74) is 6.25. The first-order valence-electron chi connectivity index (χ1n) is 18.6. The van der Waals surface area contributed by atoms with Gasteiger partial charge in [0.2, 0.25) is 23.1 Å². The van der Waals surface area contributed by atoms with Crippen LogP contribution in [0.5, 0.6) is 5.75 Å². The van der Waals surface area contributed by atoms with Crippen molar-refractivity contribution in [2.24, 2.45) is 26.2 Å². The molecule has 0 fully saturated rings.